The highest BCUT2D eigenvalue weighted by molar-refractivity contribution is 6.37. The van der Waals surface area contributed by atoms with Crippen LogP contribution in [0.3, 0.4) is 0 Å². The smallest absolute Gasteiger partial charge is 0.143 e. The third kappa shape index (κ3) is 2.38. The molecule has 88 valence electrons. The standard InChI is InChI=1S/C13H12Cl2N2/c1-7-3-4-9(8(2)5-7)12-10(14)6-11(15)13(16)17-12/h3-6H,1-2H3,(H2,16,17). The molecule has 0 bridgehead atoms. The monoisotopic (exact) mass is 266 g/mol. The number of nitrogens with two attached hydrogens (primary N) is 1. The molecule has 0 saturated carbocycles. The lowest BCUT2D eigenvalue weighted by molar-refractivity contribution is 1.30. The van der Waals surface area contributed by atoms with Gasteiger partial charge in [-0.2, -0.15) is 0 Å². The number of hydrogen-bond donors (Lipinski definition) is 1. The van der Waals surface area contributed by atoms with Crippen LogP contribution in [-0.2, 0) is 0 Å². The fourth-order valence-corrected chi connectivity index (χ4v) is 2.21. The summed E-state index contributed by atoms with van der Waals surface area (Å²) in [5.41, 5.74) is 9.66. The van der Waals surface area contributed by atoms with E-state index in [0.717, 1.165) is 11.1 Å². The third-order valence-corrected chi connectivity index (χ3v) is 3.18. The van der Waals surface area contributed by atoms with Crippen LogP contribution in [0.1, 0.15) is 11.1 Å². The number of aryl methyl sites for hydroxylation is 2. The zero-order valence-electron chi connectivity index (χ0n) is 9.59. The SMILES string of the molecule is Cc1ccc(-c2nc(N)c(Cl)cc2Cl)c(C)c1. The molecule has 0 aliphatic rings. The van der Waals surface area contributed by atoms with Crippen LogP contribution in [0, 0.1) is 13.8 Å². The first-order valence-corrected chi connectivity index (χ1v) is 5.94. The van der Waals surface area contributed by atoms with E-state index in [1.54, 1.807) is 6.07 Å². The molecule has 1 aromatic carbocycles. The van der Waals surface area contributed by atoms with Crippen LogP contribution in [0.15, 0.2) is 24.3 Å². The lowest BCUT2D eigenvalue weighted by atomic mass is 10.0. The summed E-state index contributed by atoms with van der Waals surface area (Å²) in [6.07, 6.45) is 0. The molecule has 2 rings (SSSR count). The van der Waals surface area contributed by atoms with E-state index >= 15 is 0 Å². The Morgan fingerprint density at radius 3 is 2.41 bits per heavy atom. The fraction of sp³-hybridized carbons (Fsp3) is 0.154. The Hall–Kier alpha value is -1.25. The number of rotatable bonds is 1. The van der Waals surface area contributed by atoms with Crippen LogP contribution in [-0.4, -0.2) is 4.98 Å². The van der Waals surface area contributed by atoms with Crippen molar-refractivity contribution in [2.24, 2.45) is 0 Å². The first-order valence-electron chi connectivity index (χ1n) is 5.18. The molecule has 0 atom stereocenters. The van der Waals surface area contributed by atoms with E-state index in [-0.39, 0.29) is 0 Å². The van der Waals surface area contributed by atoms with Crippen molar-refractivity contribution in [2.75, 3.05) is 5.73 Å². The minimum atomic E-state index is 0.297. The van der Waals surface area contributed by atoms with Crippen LogP contribution in [0.5, 0.6) is 0 Å². The Morgan fingerprint density at radius 1 is 1.06 bits per heavy atom. The van der Waals surface area contributed by atoms with Gasteiger partial charge in [0.05, 0.1) is 15.7 Å². The average molecular weight is 267 g/mol. The van der Waals surface area contributed by atoms with Gasteiger partial charge in [-0.1, -0.05) is 47.0 Å². The van der Waals surface area contributed by atoms with Gasteiger partial charge < -0.3 is 5.73 Å². The number of anilines is 1. The van der Waals surface area contributed by atoms with Gasteiger partial charge in [0, 0.05) is 5.56 Å². The van der Waals surface area contributed by atoms with E-state index in [9.17, 15) is 0 Å². The van der Waals surface area contributed by atoms with Gasteiger partial charge in [-0.3, -0.25) is 0 Å². The lowest BCUT2D eigenvalue weighted by Gasteiger charge is -2.09. The fourth-order valence-electron chi connectivity index (χ4n) is 1.75. The first kappa shape index (κ1) is 12.2. The second-order valence-corrected chi connectivity index (χ2v) is 4.82. The number of nitrogen functional groups attached to an aromatic ring is 1. The minimum absolute atomic E-state index is 0.297. The Kier molecular flexibility index (Phi) is 3.27. The molecule has 0 fully saturated rings. The van der Waals surface area contributed by atoms with Crippen molar-refractivity contribution in [1.29, 1.82) is 0 Å². The second kappa shape index (κ2) is 4.55. The summed E-state index contributed by atoms with van der Waals surface area (Å²) in [5, 5.41) is 0.889. The molecule has 2 aromatic rings. The molecule has 0 unspecified atom stereocenters. The van der Waals surface area contributed by atoms with Crippen LogP contribution >= 0.6 is 23.2 Å². The second-order valence-electron chi connectivity index (χ2n) is 4.00. The zero-order chi connectivity index (χ0) is 12.6. The number of nitrogens with zero attached hydrogens (tertiary/aromatic N) is 1. The quantitative estimate of drug-likeness (QED) is 0.838. The van der Waals surface area contributed by atoms with E-state index in [2.05, 4.69) is 11.1 Å². The van der Waals surface area contributed by atoms with Gasteiger partial charge in [-0.15, -0.1) is 0 Å². The lowest BCUT2D eigenvalue weighted by Crippen LogP contribution is -1.96. The van der Waals surface area contributed by atoms with Gasteiger partial charge in [0.1, 0.15) is 5.82 Å². The molecule has 0 saturated heterocycles. The number of halogens is 2. The Balaban J connectivity index is 2.64. The molecule has 4 heteroatoms. The summed E-state index contributed by atoms with van der Waals surface area (Å²) >= 11 is 12.0. The topological polar surface area (TPSA) is 38.9 Å². The number of pyridine rings is 1. The molecule has 0 spiro atoms. The third-order valence-electron chi connectivity index (χ3n) is 2.59. The van der Waals surface area contributed by atoms with Crippen molar-refractivity contribution >= 4 is 29.0 Å². The highest BCUT2D eigenvalue weighted by Crippen LogP contribution is 2.33. The van der Waals surface area contributed by atoms with E-state index in [1.807, 2.05) is 26.0 Å². The van der Waals surface area contributed by atoms with Crippen molar-refractivity contribution < 1.29 is 0 Å². The summed E-state index contributed by atoms with van der Waals surface area (Å²) < 4.78 is 0. The summed E-state index contributed by atoms with van der Waals surface area (Å²) in [6.45, 7) is 4.06. The molecule has 2 N–H and O–H groups in total. The summed E-state index contributed by atoms with van der Waals surface area (Å²) in [6, 6.07) is 7.72. The average Bonchev–Trinajstić information content (AvgIpc) is 2.24. The Bertz CT molecular complexity index is 580. The minimum Gasteiger partial charge on any atom is -0.382 e. The van der Waals surface area contributed by atoms with E-state index in [1.165, 1.54) is 5.56 Å². The van der Waals surface area contributed by atoms with Gasteiger partial charge in [0.25, 0.3) is 0 Å². The van der Waals surface area contributed by atoms with Crippen LogP contribution in [0.25, 0.3) is 11.3 Å². The summed E-state index contributed by atoms with van der Waals surface area (Å²) in [4.78, 5) is 4.25. The van der Waals surface area contributed by atoms with Gasteiger partial charge in [0.15, 0.2) is 0 Å². The van der Waals surface area contributed by atoms with Gasteiger partial charge in [-0.05, 0) is 25.5 Å². The molecular formula is C13H12Cl2N2. The number of hydrogen-bond acceptors (Lipinski definition) is 2. The molecule has 1 heterocycles. The van der Waals surface area contributed by atoms with Gasteiger partial charge in [-0.25, -0.2) is 4.98 Å². The van der Waals surface area contributed by atoms with E-state index in [0.29, 0.717) is 21.6 Å². The molecular weight excluding hydrogens is 255 g/mol. The molecule has 17 heavy (non-hydrogen) atoms. The van der Waals surface area contributed by atoms with Crippen molar-refractivity contribution in [3.05, 3.63) is 45.4 Å². The maximum Gasteiger partial charge on any atom is 0.143 e. The number of benzene rings is 1. The number of aromatic nitrogens is 1. The van der Waals surface area contributed by atoms with Crippen LogP contribution < -0.4 is 5.73 Å². The Labute approximate surface area is 110 Å². The molecule has 0 radical (unpaired) electrons. The van der Waals surface area contributed by atoms with E-state index in [4.69, 9.17) is 28.9 Å². The molecule has 0 aliphatic heterocycles. The molecule has 0 aliphatic carbocycles. The molecule has 1 aromatic heterocycles. The normalized spacial score (nSPS) is 10.6. The van der Waals surface area contributed by atoms with Crippen molar-refractivity contribution in [3.63, 3.8) is 0 Å². The largest absolute Gasteiger partial charge is 0.382 e. The summed E-state index contributed by atoms with van der Waals surface area (Å²) in [5.74, 6) is 0.297. The van der Waals surface area contributed by atoms with Gasteiger partial charge in [0.2, 0.25) is 0 Å². The molecule has 2 nitrogen and oxygen atoms in total. The van der Waals surface area contributed by atoms with E-state index < -0.39 is 0 Å². The zero-order valence-corrected chi connectivity index (χ0v) is 11.1. The van der Waals surface area contributed by atoms with Crippen molar-refractivity contribution in [2.45, 2.75) is 13.8 Å². The molecule has 0 amide bonds. The van der Waals surface area contributed by atoms with Crippen molar-refractivity contribution in [1.82, 2.24) is 4.98 Å². The van der Waals surface area contributed by atoms with Crippen molar-refractivity contribution in [3.8, 4) is 11.3 Å². The first-order chi connectivity index (χ1) is 7.99. The van der Waals surface area contributed by atoms with Gasteiger partial charge >= 0.3 is 0 Å². The summed E-state index contributed by atoms with van der Waals surface area (Å²) in [7, 11) is 0. The predicted octanol–water partition coefficient (Wildman–Crippen LogP) is 4.25. The maximum absolute atomic E-state index is 6.15. The van der Waals surface area contributed by atoms with Crippen LogP contribution in [0.2, 0.25) is 10.0 Å². The highest BCUT2D eigenvalue weighted by atomic mass is 35.5. The highest BCUT2D eigenvalue weighted by Gasteiger charge is 2.11. The maximum atomic E-state index is 6.15. The van der Waals surface area contributed by atoms with Crippen LogP contribution in [0.4, 0.5) is 5.82 Å². The Morgan fingerprint density at radius 2 is 1.76 bits per heavy atom. The predicted molar refractivity (Wildman–Crippen MR) is 73.6 cm³/mol.